The maximum atomic E-state index is 12.8. The molecule has 2 rings (SSSR count). The van der Waals surface area contributed by atoms with E-state index in [1.54, 1.807) is 12.1 Å². The Morgan fingerprint density at radius 1 is 1.09 bits per heavy atom. The Labute approximate surface area is 135 Å². The van der Waals surface area contributed by atoms with Crippen molar-refractivity contribution in [1.29, 1.82) is 5.26 Å². The molecular weight excluding hydrogens is 349 g/mol. The van der Waals surface area contributed by atoms with Gasteiger partial charge < -0.3 is 10.6 Å². The van der Waals surface area contributed by atoms with Crippen LogP contribution in [0.2, 0.25) is 0 Å². The Kier molecular flexibility index (Phi) is 5.28. The first kappa shape index (κ1) is 15.7. The normalized spacial score (nSPS) is 10.7. The van der Waals surface area contributed by atoms with E-state index in [0.717, 1.165) is 10.2 Å². The average molecular weight is 360 g/mol. The number of benzene rings is 2. The number of carbonyl (C=O) groups excluding carboxylic acids is 1. The summed E-state index contributed by atoms with van der Waals surface area (Å²) < 4.78 is 13.7. The molecule has 6 heteroatoms. The summed E-state index contributed by atoms with van der Waals surface area (Å²) >= 11 is 3.32. The van der Waals surface area contributed by atoms with Crippen molar-refractivity contribution >= 4 is 33.2 Å². The highest BCUT2D eigenvalue weighted by atomic mass is 79.9. The van der Waals surface area contributed by atoms with Crippen molar-refractivity contribution in [2.75, 3.05) is 10.6 Å². The molecule has 0 unspecified atom stereocenters. The predicted octanol–water partition coefficient (Wildman–Crippen LogP) is 4.05. The Bertz CT molecular complexity index is 733. The molecule has 0 bridgehead atoms. The molecule has 0 heterocycles. The Morgan fingerprint density at radius 2 is 1.68 bits per heavy atom. The third kappa shape index (κ3) is 4.43. The Hall–Kier alpha value is -2.65. The van der Waals surface area contributed by atoms with Gasteiger partial charge in [-0.05, 0) is 48.5 Å². The summed E-state index contributed by atoms with van der Waals surface area (Å²) in [4.78, 5) is 12.0. The Morgan fingerprint density at radius 3 is 2.27 bits per heavy atom. The number of nitrogens with one attached hydrogen (secondary N) is 2. The van der Waals surface area contributed by atoms with Gasteiger partial charge in [0.1, 0.15) is 17.5 Å². The number of nitriles is 1. The number of carbonyl (C=O) groups is 1. The van der Waals surface area contributed by atoms with E-state index in [1.165, 1.54) is 30.5 Å². The molecule has 4 nitrogen and oxygen atoms in total. The number of amides is 1. The summed E-state index contributed by atoms with van der Waals surface area (Å²) in [5, 5.41) is 14.4. The molecule has 2 N–H and O–H groups in total. The summed E-state index contributed by atoms with van der Waals surface area (Å²) in [7, 11) is 0. The van der Waals surface area contributed by atoms with E-state index in [0.29, 0.717) is 5.69 Å². The molecule has 0 atom stereocenters. The first-order chi connectivity index (χ1) is 10.6. The summed E-state index contributed by atoms with van der Waals surface area (Å²) in [5.41, 5.74) is 1.06. The second kappa shape index (κ2) is 7.38. The Balaban J connectivity index is 2.05. The average Bonchev–Trinajstić information content (AvgIpc) is 2.52. The summed E-state index contributed by atoms with van der Waals surface area (Å²) in [5.74, 6) is -0.968. The molecule has 0 saturated heterocycles. The van der Waals surface area contributed by atoms with Crippen LogP contribution in [0.15, 0.2) is 64.8 Å². The van der Waals surface area contributed by atoms with Gasteiger partial charge in [-0.25, -0.2) is 4.39 Å². The van der Waals surface area contributed by atoms with Crippen LogP contribution in [0.5, 0.6) is 0 Å². The van der Waals surface area contributed by atoms with Crippen molar-refractivity contribution in [2.24, 2.45) is 0 Å². The van der Waals surface area contributed by atoms with Gasteiger partial charge in [-0.3, -0.25) is 4.79 Å². The van der Waals surface area contributed by atoms with Crippen molar-refractivity contribution in [3.63, 3.8) is 0 Å². The van der Waals surface area contributed by atoms with Gasteiger partial charge in [-0.1, -0.05) is 15.9 Å². The highest BCUT2D eigenvalue weighted by molar-refractivity contribution is 9.10. The fourth-order valence-electron chi connectivity index (χ4n) is 1.58. The first-order valence-electron chi connectivity index (χ1n) is 6.28. The SMILES string of the molecule is N#C/C(=C/Nc1ccc(Br)cc1)C(=O)Nc1ccc(F)cc1. The van der Waals surface area contributed by atoms with Gasteiger partial charge in [0.25, 0.3) is 5.91 Å². The van der Waals surface area contributed by atoms with E-state index < -0.39 is 11.7 Å². The molecule has 0 radical (unpaired) electrons. The second-order valence-corrected chi connectivity index (χ2v) is 5.20. The van der Waals surface area contributed by atoms with Gasteiger partial charge in [0, 0.05) is 22.0 Å². The van der Waals surface area contributed by atoms with E-state index in [-0.39, 0.29) is 5.57 Å². The lowest BCUT2D eigenvalue weighted by molar-refractivity contribution is -0.112. The molecule has 0 spiro atoms. The number of hydrogen-bond donors (Lipinski definition) is 2. The molecule has 0 saturated carbocycles. The molecular formula is C16H11BrFN3O. The quantitative estimate of drug-likeness (QED) is 0.639. The van der Waals surface area contributed by atoms with Gasteiger partial charge >= 0.3 is 0 Å². The van der Waals surface area contributed by atoms with Crippen LogP contribution in [0.25, 0.3) is 0 Å². The van der Waals surface area contributed by atoms with Crippen molar-refractivity contribution in [2.45, 2.75) is 0 Å². The number of rotatable bonds is 4. The molecule has 0 aromatic heterocycles. The van der Waals surface area contributed by atoms with Gasteiger partial charge in [0.2, 0.25) is 0 Å². The van der Waals surface area contributed by atoms with E-state index in [4.69, 9.17) is 5.26 Å². The van der Waals surface area contributed by atoms with E-state index in [2.05, 4.69) is 26.6 Å². The molecule has 110 valence electrons. The van der Waals surface area contributed by atoms with Crippen LogP contribution in [-0.4, -0.2) is 5.91 Å². The van der Waals surface area contributed by atoms with E-state index >= 15 is 0 Å². The number of anilines is 2. The smallest absolute Gasteiger partial charge is 0.267 e. The van der Waals surface area contributed by atoms with Gasteiger partial charge in [-0.15, -0.1) is 0 Å². The molecule has 1 amide bonds. The van der Waals surface area contributed by atoms with Crippen LogP contribution in [0.4, 0.5) is 15.8 Å². The summed E-state index contributed by atoms with van der Waals surface area (Å²) in [6.45, 7) is 0. The number of nitrogens with zero attached hydrogens (tertiary/aromatic N) is 1. The lowest BCUT2D eigenvalue weighted by Gasteiger charge is -2.05. The lowest BCUT2D eigenvalue weighted by Crippen LogP contribution is -2.14. The van der Waals surface area contributed by atoms with Crippen molar-refractivity contribution in [3.8, 4) is 6.07 Å². The lowest BCUT2D eigenvalue weighted by atomic mass is 10.2. The fraction of sp³-hybridized carbons (Fsp3) is 0. The largest absolute Gasteiger partial charge is 0.360 e. The molecule has 0 aliphatic carbocycles. The predicted molar refractivity (Wildman–Crippen MR) is 86.5 cm³/mol. The van der Waals surface area contributed by atoms with Crippen molar-refractivity contribution in [1.82, 2.24) is 0 Å². The third-order valence-electron chi connectivity index (χ3n) is 2.69. The molecule has 0 aliphatic rings. The molecule has 0 fully saturated rings. The minimum Gasteiger partial charge on any atom is -0.360 e. The maximum absolute atomic E-state index is 12.8. The van der Waals surface area contributed by atoms with Gasteiger partial charge in [0.15, 0.2) is 0 Å². The monoisotopic (exact) mass is 359 g/mol. The highest BCUT2D eigenvalue weighted by Crippen LogP contribution is 2.15. The van der Waals surface area contributed by atoms with E-state index in [9.17, 15) is 9.18 Å². The van der Waals surface area contributed by atoms with Crippen LogP contribution in [0, 0.1) is 17.1 Å². The van der Waals surface area contributed by atoms with Gasteiger partial charge in [0.05, 0.1) is 0 Å². The van der Waals surface area contributed by atoms with E-state index in [1.807, 2.05) is 18.2 Å². The topological polar surface area (TPSA) is 64.9 Å². The third-order valence-corrected chi connectivity index (χ3v) is 3.22. The number of halogens is 2. The van der Waals surface area contributed by atoms with Crippen LogP contribution in [0.1, 0.15) is 0 Å². The maximum Gasteiger partial charge on any atom is 0.267 e. The van der Waals surface area contributed by atoms with Crippen molar-refractivity contribution < 1.29 is 9.18 Å². The van der Waals surface area contributed by atoms with Crippen LogP contribution < -0.4 is 10.6 Å². The first-order valence-corrected chi connectivity index (χ1v) is 7.07. The molecule has 0 aliphatic heterocycles. The van der Waals surface area contributed by atoms with Gasteiger partial charge in [-0.2, -0.15) is 5.26 Å². The minimum atomic E-state index is -0.571. The molecule has 22 heavy (non-hydrogen) atoms. The van der Waals surface area contributed by atoms with Crippen LogP contribution in [-0.2, 0) is 4.79 Å². The minimum absolute atomic E-state index is 0.0905. The van der Waals surface area contributed by atoms with Crippen LogP contribution in [0.3, 0.4) is 0 Å². The molecule has 2 aromatic carbocycles. The molecule has 2 aromatic rings. The zero-order chi connectivity index (χ0) is 15.9. The standard InChI is InChI=1S/C16H11BrFN3O/c17-12-1-5-14(6-2-12)20-10-11(9-19)16(22)21-15-7-3-13(18)4-8-15/h1-8,10,20H,(H,21,22)/b11-10-. The summed E-state index contributed by atoms with van der Waals surface area (Å²) in [6.07, 6.45) is 1.32. The summed E-state index contributed by atoms with van der Waals surface area (Å²) in [6, 6.07) is 14.4. The zero-order valence-corrected chi connectivity index (χ0v) is 12.9. The zero-order valence-electron chi connectivity index (χ0n) is 11.3. The number of hydrogen-bond acceptors (Lipinski definition) is 3. The van der Waals surface area contributed by atoms with Crippen LogP contribution >= 0.6 is 15.9 Å². The fourth-order valence-corrected chi connectivity index (χ4v) is 1.85. The van der Waals surface area contributed by atoms with Crippen molar-refractivity contribution in [3.05, 3.63) is 70.6 Å². The second-order valence-electron chi connectivity index (χ2n) is 4.28. The highest BCUT2D eigenvalue weighted by Gasteiger charge is 2.09.